The zero-order valence-electron chi connectivity index (χ0n) is 9.84. The molecular formula is C15H15I. The highest BCUT2D eigenvalue weighted by molar-refractivity contribution is 14.1. The Bertz CT molecular complexity index is 477. The number of hydrogen-bond donors (Lipinski definition) is 0. The number of aryl methyl sites for hydroxylation is 2. The summed E-state index contributed by atoms with van der Waals surface area (Å²) in [5.74, 6) is 0. The molecule has 1 heteroatoms. The van der Waals surface area contributed by atoms with Crippen LogP contribution < -0.4 is 0 Å². The van der Waals surface area contributed by atoms with Crippen molar-refractivity contribution in [3.8, 4) is 11.1 Å². The summed E-state index contributed by atoms with van der Waals surface area (Å²) in [7, 11) is 0. The standard InChI is InChI=1S/C15H15I/c1-10-6-4-8-13(12(10)3)14-9-5-7-11(2)15(14)16/h4-9H,1-3H3. The second kappa shape index (κ2) is 4.58. The molecule has 0 aromatic heterocycles. The summed E-state index contributed by atoms with van der Waals surface area (Å²) >= 11 is 2.44. The fourth-order valence-corrected chi connectivity index (χ4v) is 2.55. The van der Waals surface area contributed by atoms with E-state index in [4.69, 9.17) is 0 Å². The van der Waals surface area contributed by atoms with Crippen LogP contribution in [0.2, 0.25) is 0 Å². The molecule has 0 saturated heterocycles. The maximum atomic E-state index is 2.44. The van der Waals surface area contributed by atoms with Crippen molar-refractivity contribution in [2.24, 2.45) is 0 Å². The Labute approximate surface area is 111 Å². The summed E-state index contributed by atoms with van der Waals surface area (Å²) < 4.78 is 1.36. The summed E-state index contributed by atoms with van der Waals surface area (Å²) in [6, 6.07) is 13.0. The predicted octanol–water partition coefficient (Wildman–Crippen LogP) is 4.88. The van der Waals surface area contributed by atoms with Crippen molar-refractivity contribution in [1.29, 1.82) is 0 Å². The van der Waals surface area contributed by atoms with Crippen LogP contribution in [-0.2, 0) is 0 Å². The SMILES string of the molecule is Cc1cccc(-c2cccc(C)c2I)c1C. The third-order valence-electron chi connectivity index (χ3n) is 3.09. The summed E-state index contributed by atoms with van der Waals surface area (Å²) in [5, 5.41) is 0. The van der Waals surface area contributed by atoms with Gasteiger partial charge in [-0.25, -0.2) is 0 Å². The summed E-state index contributed by atoms with van der Waals surface area (Å²) in [4.78, 5) is 0. The maximum Gasteiger partial charge on any atom is 0.0238 e. The molecule has 0 atom stereocenters. The third-order valence-corrected chi connectivity index (χ3v) is 4.52. The largest absolute Gasteiger partial charge is 0.0614 e. The van der Waals surface area contributed by atoms with Crippen LogP contribution in [0.1, 0.15) is 16.7 Å². The van der Waals surface area contributed by atoms with E-state index in [-0.39, 0.29) is 0 Å². The Hall–Kier alpha value is -0.830. The normalized spacial score (nSPS) is 10.5. The second-order valence-corrected chi connectivity index (χ2v) is 5.26. The minimum atomic E-state index is 1.35. The molecule has 0 aliphatic carbocycles. The molecule has 0 bridgehead atoms. The first-order chi connectivity index (χ1) is 7.61. The molecule has 0 aliphatic heterocycles. The number of halogens is 1. The van der Waals surface area contributed by atoms with E-state index in [1.165, 1.54) is 31.4 Å². The quantitative estimate of drug-likeness (QED) is 0.656. The minimum absolute atomic E-state index is 1.35. The van der Waals surface area contributed by atoms with Crippen LogP contribution in [-0.4, -0.2) is 0 Å². The van der Waals surface area contributed by atoms with Gasteiger partial charge in [-0.1, -0.05) is 36.4 Å². The van der Waals surface area contributed by atoms with E-state index in [0.717, 1.165) is 0 Å². The van der Waals surface area contributed by atoms with Gasteiger partial charge in [0.15, 0.2) is 0 Å². The molecule has 2 aromatic rings. The molecule has 2 aromatic carbocycles. The van der Waals surface area contributed by atoms with Gasteiger partial charge in [0, 0.05) is 3.57 Å². The maximum absolute atomic E-state index is 2.44. The van der Waals surface area contributed by atoms with Crippen LogP contribution in [0.3, 0.4) is 0 Å². The summed E-state index contributed by atoms with van der Waals surface area (Å²) in [5.41, 5.74) is 6.79. The molecule has 0 fully saturated rings. The van der Waals surface area contributed by atoms with E-state index in [1.54, 1.807) is 0 Å². The Balaban J connectivity index is 2.68. The summed E-state index contributed by atoms with van der Waals surface area (Å²) in [6.45, 7) is 6.53. The number of hydrogen-bond acceptors (Lipinski definition) is 0. The molecule has 0 unspecified atom stereocenters. The molecule has 16 heavy (non-hydrogen) atoms. The lowest BCUT2D eigenvalue weighted by molar-refractivity contribution is 1.33. The average molecular weight is 322 g/mol. The van der Waals surface area contributed by atoms with Gasteiger partial charge in [-0.2, -0.15) is 0 Å². The first kappa shape index (κ1) is 11.6. The lowest BCUT2D eigenvalue weighted by Crippen LogP contribution is -1.91. The van der Waals surface area contributed by atoms with Gasteiger partial charge in [0.25, 0.3) is 0 Å². The molecule has 0 spiro atoms. The van der Waals surface area contributed by atoms with Crippen LogP contribution in [0.15, 0.2) is 36.4 Å². The second-order valence-electron chi connectivity index (χ2n) is 4.18. The molecule has 0 aliphatic rings. The molecule has 0 saturated carbocycles. The first-order valence-corrected chi connectivity index (χ1v) is 6.51. The summed E-state index contributed by atoms with van der Waals surface area (Å²) in [6.07, 6.45) is 0. The van der Waals surface area contributed by atoms with Gasteiger partial charge in [-0.05, 0) is 71.2 Å². The first-order valence-electron chi connectivity index (χ1n) is 5.43. The topological polar surface area (TPSA) is 0 Å². The fraction of sp³-hybridized carbons (Fsp3) is 0.200. The van der Waals surface area contributed by atoms with Gasteiger partial charge in [-0.3, -0.25) is 0 Å². The number of rotatable bonds is 1. The molecule has 0 N–H and O–H groups in total. The van der Waals surface area contributed by atoms with E-state index in [1.807, 2.05) is 0 Å². The molecular weight excluding hydrogens is 307 g/mol. The monoisotopic (exact) mass is 322 g/mol. The molecule has 0 heterocycles. The van der Waals surface area contributed by atoms with Gasteiger partial charge in [0.2, 0.25) is 0 Å². The highest BCUT2D eigenvalue weighted by Gasteiger charge is 2.08. The van der Waals surface area contributed by atoms with E-state index < -0.39 is 0 Å². The minimum Gasteiger partial charge on any atom is -0.0614 e. The van der Waals surface area contributed by atoms with Crippen LogP contribution in [0.4, 0.5) is 0 Å². The average Bonchev–Trinajstić information content (AvgIpc) is 2.27. The fourth-order valence-electron chi connectivity index (χ4n) is 1.90. The Kier molecular flexibility index (Phi) is 3.33. The van der Waals surface area contributed by atoms with Crippen molar-refractivity contribution in [3.05, 3.63) is 56.7 Å². The smallest absolute Gasteiger partial charge is 0.0238 e. The van der Waals surface area contributed by atoms with E-state index >= 15 is 0 Å². The molecule has 2 rings (SSSR count). The van der Waals surface area contributed by atoms with Crippen LogP contribution in [0.25, 0.3) is 11.1 Å². The van der Waals surface area contributed by atoms with Crippen LogP contribution in [0, 0.1) is 24.3 Å². The lowest BCUT2D eigenvalue weighted by atomic mass is 9.96. The third kappa shape index (κ3) is 2.01. The number of benzene rings is 2. The van der Waals surface area contributed by atoms with Crippen LogP contribution >= 0.6 is 22.6 Å². The van der Waals surface area contributed by atoms with E-state index in [2.05, 4.69) is 79.8 Å². The van der Waals surface area contributed by atoms with E-state index in [0.29, 0.717) is 0 Å². The van der Waals surface area contributed by atoms with Gasteiger partial charge in [0.05, 0.1) is 0 Å². The van der Waals surface area contributed by atoms with Crippen molar-refractivity contribution < 1.29 is 0 Å². The highest BCUT2D eigenvalue weighted by atomic mass is 127. The molecule has 82 valence electrons. The molecule has 0 amide bonds. The zero-order chi connectivity index (χ0) is 11.7. The van der Waals surface area contributed by atoms with Crippen molar-refractivity contribution in [2.75, 3.05) is 0 Å². The van der Waals surface area contributed by atoms with Crippen molar-refractivity contribution in [3.63, 3.8) is 0 Å². The highest BCUT2D eigenvalue weighted by Crippen LogP contribution is 2.30. The van der Waals surface area contributed by atoms with E-state index in [9.17, 15) is 0 Å². The van der Waals surface area contributed by atoms with Gasteiger partial charge < -0.3 is 0 Å². The van der Waals surface area contributed by atoms with Crippen molar-refractivity contribution in [2.45, 2.75) is 20.8 Å². The van der Waals surface area contributed by atoms with Gasteiger partial charge in [-0.15, -0.1) is 0 Å². The Morgan fingerprint density at radius 1 is 0.750 bits per heavy atom. The van der Waals surface area contributed by atoms with Crippen LogP contribution in [0.5, 0.6) is 0 Å². The molecule has 0 radical (unpaired) electrons. The zero-order valence-corrected chi connectivity index (χ0v) is 12.0. The Morgan fingerprint density at radius 2 is 1.31 bits per heavy atom. The lowest BCUT2D eigenvalue weighted by Gasteiger charge is -2.12. The molecule has 0 nitrogen and oxygen atoms in total. The Morgan fingerprint density at radius 3 is 2.00 bits per heavy atom. The van der Waals surface area contributed by atoms with Gasteiger partial charge >= 0.3 is 0 Å². The van der Waals surface area contributed by atoms with Crippen molar-refractivity contribution in [1.82, 2.24) is 0 Å². The predicted molar refractivity (Wildman–Crippen MR) is 78.8 cm³/mol. The van der Waals surface area contributed by atoms with Crippen molar-refractivity contribution >= 4 is 22.6 Å². The van der Waals surface area contributed by atoms with Gasteiger partial charge in [0.1, 0.15) is 0 Å².